The Hall–Kier alpha value is -0.320. The van der Waals surface area contributed by atoms with Crippen LogP contribution in [-0.2, 0) is 9.53 Å². The normalized spacial score (nSPS) is 34.1. The summed E-state index contributed by atoms with van der Waals surface area (Å²) >= 11 is 0. The third kappa shape index (κ3) is 2.09. The molecule has 1 aliphatic heterocycles. The van der Waals surface area contributed by atoms with E-state index in [1.165, 1.54) is 7.11 Å². The van der Waals surface area contributed by atoms with E-state index >= 15 is 0 Å². The molecule has 0 aromatic carbocycles. The molecule has 1 saturated heterocycles. The van der Waals surface area contributed by atoms with Crippen molar-refractivity contribution in [2.24, 2.45) is 0 Å². The van der Waals surface area contributed by atoms with Crippen LogP contribution in [0, 0.1) is 0 Å². The van der Waals surface area contributed by atoms with E-state index in [0.29, 0.717) is 13.0 Å². The van der Waals surface area contributed by atoms with Gasteiger partial charge >= 0.3 is 5.97 Å². The van der Waals surface area contributed by atoms with Crippen LogP contribution >= 0.6 is 12.4 Å². The van der Waals surface area contributed by atoms with Gasteiger partial charge in [0.1, 0.15) is 5.54 Å². The van der Waals surface area contributed by atoms with E-state index in [-0.39, 0.29) is 18.4 Å². The van der Waals surface area contributed by atoms with Crippen LogP contribution in [0.15, 0.2) is 0 Å². The molecule has 2 N–H and O–H groups in total. The predicted octanol–water partition coefficient (Wildman–Crippen LogP) is -0.306. The van der Waals surface area contributed by atoms with Crippen LogP contribution in [0.3, 0.4) is 0 Å². The Bertz CT molecular complexity index is 176. The smallest absolute Gasteiger partial charge is 0.325 e. The number of β-amino-alcohol motifs (C(OH)–C–C–N with tert-alkyl or cyclic N) is 1. The minimum absolute atomic E-state index is 0. The standard InChI is InChI=1S/C7H13NO3.ClH/c1-7(6(10)11-2)3-5(9)4-8-7;/h5,8-9H,3-4H2,1-2H3;1H/t5-,7+;/m1./s1. The fraction of sp³-hybridized carbons (Fsp3) is 0.857. The van der Waals surface area contributed by atoms with Crippen molar-refractivity contribution in [3.8, 4) is 0 Å². The van der Waals surface area contributed by atoms with Crippen LogP contribution in [0.25, 0.3) is 0 Å². The Labute approximate surface area is 77.7 Å². The van der Waals surface area contributed by atoms with E-state index in [4.69, 9.17) is 5.11 Å². The second-order valence-corrected chi connectivity index (χ2v) is 3.06. The Morgan fingerprint density at radius 1 is 1.75 bits per heavy atom. The fourth-order valence-corrected chi connectivity index (χ4v) is 1.34. The number of hydrogen-bond acceptors (Lipinski definition) is 4. The summed E-state index contributed by atoms with van der Waals surface area (Å²) in [4.78, 5) is 11.1. The number of ether oxygens (including phenoxy) is 1. The molecule has 2 atom stereocenters. The number of aliphatic hydroxyl groups is 1. The van der Waals surface area contributed by atoms with Gasteiger partial charge in [-0.3, -0.25) is 10.1 Å². The molecule has 12 heavy (non-hydrogen) atoms. The van der Waals surface area contributed by atoms with Gasteiger partial charge in [0.25, 0.3) is 0 Å². The summed E-state index contributed by atoms with van der Waals surface area (Å²) in [5, 5.41) is 12.0. The summed E-state index contributed by atoms with van der Waals surface area (Å²) in [5.74, 6) is -0.311. The highest BCUT2D eigenvalue weighted by atomic mass is 35.5. The highest BCUT2D eigenvalue weighted by Gasteiger charge is 2.41. The van der Waals surface area contributed by atoms with Crippen LogP contribution in [0.4, 0.5) is 0 Å². The van der Waals surface area contributed by atoms with E-state index in [0.717, 1.165) is 0 Å². The summed E-state index contributed by atoms with van der Waals surface area (Å²) < 4.78 is 4.57. The molecule has 1 aliphatic rings. The number of rotatable bonds is 1. The average Bonchev–Trinajstić information content (AvgIpc) is 2.31. The van der Waals surface area contributed by atoms with E-state index in [1.54, 1.807) is 6.92 Å². The van der Waals surface area contributed by atoms with Gasteiger partial charge in [0.15, 0.2) is 0 Å². The molecule has 1 rings (SSSR count). The number of carbonyl (C=O) groups excluding carboxylic acids is 1. The molecule has 0 aromatic heterocycles. The molecule has 72 valence electrons. The molecule has 0 saturated carbocycles. The van der Waals surface area contributed by atoms with Crippen LogP contribution in [-0.4, -0.2) is 36.4 Å². The lowest BCUT2D eigenvalue weighted by atomic mass is 10.00. The number of esters is 1. The average molecular weight is 196 g/mol. The molecule has 0 bridgehead atoms. The Kier molecular flexibility index (Phi) is 3.96. The first-order valence-electron chi connectivity index (χ1n) is 3.60. The molecule has 0 unspecified atom stereocenters. The number of halogens is 1. The van der Waals surface area contributed by atoms with E-state index in [9.17, 15) is 4.79 Å². The van der Waals surface area contributed by atoms with Gasteiger partial charge in [-0.05, 0) is 6.92 Å². The van der Waals surface area contributed by atoms with Crippen molar-refractivity contribution in [1.29, 1.82) is 0 Å². The summed E-state index contributed by atoms with van der Waals surface area (Å²) in [5.41, 5.74) is -0.686. The number of aliphatic hydroxyl groups excluding tert-OH is 1. The third-order valence-corrected chi connectivity index (χ3v) is 2.01. The molecule has 0 aromatic rings. The number of methoxy groups -OCH3 is 1. The van der Waals surface area contributed by atoms with Crippen molar-refractivity contribution in [3.63, 3.8) is 0 Å². The molecule has 1 heterocycles. The molecular formula is C7H14ClNO3. The maximum Gasteiger partial charge on any atom is 0.325 e. The lowest BCUT2D eigenvalue weighted by Gasteiger charge is -2.19. The molecule has 1 fully saturated rings. The number of hydrogen-bond donors (Lipinski definition) is 2. The van der Waals surface area contributed by atoms with Gasteiger partial charge in [0.2, 0.25) is 0 Å². The quantitative estimate of drug-likeness (QED) is 0.564. The summed E-state index contributed by atoms with van der Waals surface area (Å²) in [6.45, 7) is 2.20. The minimum atomic E-state index is -0.686. The van der Waals surface area contributed by atoms with Crippen LogP contribution in [0.5, 0.6) is 0 Å². The topological polar surface area (TPSA) is 58.6 Å². The zero-order valence-corrected chi connectivity index (χ0v) is 7.98. The van der Waals surface area contributed by atoms with Gasteiger partial charge in [-0.1, -0.05) is 0 Å². The molecule has 0 spiro atoms. The molecule has 0 amide bonds. The lowest BCUT2D eigenvalue weighted by Crippen LogP contribution is -2.45. The first-order valence-corrected chi connectivity index (χ1v) is 3.60. The molecule has 5 heteroatoms. The van der Waals surface area contributed by atoms with Crippen LogP contribution in [0.1, 0.15) is 13.3 Å². The van der Waals surface area contributed by atoms with Crippen molar-refractivity contribution in [2.75, 3.05) is 13.7 Å². The van der Waals surface area contributed by atoms with Gasteiger partial charge < -0.3 is 9.84 Å². The lowest BCUT2D eigenvalue weighted by molar-refractivity contribution is -0.147. The van der Waals surface area contributed by atoms with E-state index in [1.807, 2.05) is 0 Å². The Morgan fingerprint density at radius 2 is 2.33 bits per heavy atom. The maximum absolute atomic E-state index is 11.1. The Morgan fingerprint density at radius 3 is 2.67 bits per heavy atom. The van der Waals surface area contributed by atoms with E-state index < -0.39 is 11.6 Å². The highest BCUT2D eigenvalue weighted by Crippen LogP contribution is 2.19. The third-order valence-electron chi connectivity index (χ3n) is 2.01. The number of carbonyl (C=O) groups is 1. The van der Waals surface area contributed by atoms with Crippen molar-refractivity contribution < 1.29 is 14.6 Å². The van der Waals surface area contributed by atoms with Crippen molar-refractivity contribution in [3.05, 3.63) is 0 Å². The predicted molar refractivity (Wildman–Crippen MR) is 46.3 cm³/mol. The molecule has 4 nitrogen and oxygen atoms in total. The SMILES string of the molecule is COC(=O)[C@]1(C)C[C@@H](O)CN1.Cl. The minimum Gasteiger partial charge on any atom is -0.468 e. The molecule has 0 aliphatic carbocycles. The second kappa shape index (κ2) is 4.07. The summed E-state index contributed by atoms with van der Waals surface area (Å²) in [7, 11) is 1.35. The largest absolute Gasteiger partial charge is 0.468 e. The zero-order chi connectivity index (χ0) is 8.48. The maximum atomic E-state index is 11.1. The van der Waals surface area contributed by atoms with Crippen molar-refractivity contribution in [1.82, 2.24) is 5.32 Å². The van der Waals surface area contributed by atoms with Gasteiger partial charge in [-0.25, -0.2) is 0 Å². The van der Waals surface area contributed by atoms with Crippen molar-refractivity contribution in [2.45, 2.75) is 25.0 Å². The monoisotopic (exact) mass is 195 g/mol. The van der Waals surface area contributed by atoms with Gasteiger partial charge in [0, 0.05) is 13.0 Å². The van der Waals surface area contributed by atoms with Crippen LogP contribution < -0.4 is 5.32 Å². The molecule has 0 radical (unpaired) electrons. The Balaban J connectivity index is 0.00000121. The van der Waals surface area contributed by atoms with Gasteiger partial charge in [-0.2, -0.15) is 0 Å². The fourth-order valence-electron chi connectivity index (χ4n) is 1.34. The summed E-state index contributed by atoms with van der Waals surface area (Å²) in [6.07, 6.45) is -0.00116. The molecular weight excluding hydrogens is 182 g/mol. The van der Waals surface area contributed by atoms with Crippen LogP contribution in [0.2, 0.25) is 0 Å². The second-order valence-electron chi connectivity index (χ2n) is 3.06. The van der Waals surface area contributed by atoms with Gasteiger partial charge in [0.05, 0.1) is 13.2 Å². The number of nitrogens with one attached hydrogen (secondary N) is 1. The highest BCUT2D eigenvalue weighted by molar-refractivity contribution is 5.85. The summed E-state index contributed by atoms with van der Waals surface area (Å²) in [6, 6.07) is 0. The van der Waals surface area contributed by atoms with Crippen molar-refractivity contribution >= 4 is 18.4 Å². The van der Waals surface area contributed by atoms with Gasteiger partial charge in [-0.15, -0.1) is 12.4 Å². The first kappa shape index (κ1) is 11.7. The zero-order valence-electron chi connectivity index (χ0n) is 7.16. The van der Waals surface area contributed by atoms with E-state index in [2.05, 4.69) is 10.1 Å². The first-order chi connectivity index (χ1) is 5.08.